The number of benzene rings is 1. The van der Waals surface area contributed by atoms with Crippen LogP contribution < -0.4 is 5.32 Å². The van der Waals surface area contributed by atoms with E-state index in [0.29, 0.717) is 25.4 Å². The first kappa shape index (κ1) is 14.7. The van der Waals surface area contributed by atoms with Crippen LogP contribution >= 0.6 is 11.6 Å². The third-order valence-electron chi connectivity index (χ3n) is 2.02. The molecule has 0 unspecified atom stereocenters. The summed E-state index contributed by atoms with van der Waals surface area (Å²) in [5, 5.41) is 3.05. The summed E-state index contributed by atoms with van der Waals surface area (Å²) in [7, 11) is 0. The van der Waals surface area contributed by atoms with Gasteiger partial charge in [-0.2, -0.15) is 0 Å². The molecule has 0 bridgehead atoms. The van der Waals surface area contributed by atoms with Gasteiger partial charge >= 0.3 is 5.97 Å². The molecule has 0 radical (unpaired) electrons. The summed E-state index contributed by atoms with van der Waals surface area (Å²) >= 11 is 5.62. The van der Waals surface area contributed by atoms with Crippen LogP contribution in [0.5, 0.6) is 0 Å². The molecule has 1 rings (SSSR count). The molecule has 100 valence electrons. The van der Waals surface area contributed by atoms with Gasteiger partial charge in [0.15, 0.2) is 0 Å². The molecular formula is C12H15ClFNO3. The van der Waals surface area contributed by atoms with Gasteiger partial charge in [0.25, 0.3) is 0 Å². The smallest absolute Gasteiger partial charge is 0.332 e. The zero-order valence-corrected chi connectivity index (χ0v) is 10.8. The van der Waals surface area contributed by atoms with Crippen LogP contribution in [-0.4, -0.2) is 32.3 Å². The molecule has 0 aromatic heterocycles. The molecule has 18 heavy (non-hydrogen) atoms. The molecule has 0 aliphatic heterocycles. The maximum atomic E-state index is 12.9. The van der Waals surface area contributed by atoms with Gasteiger partial charge in [-0.3, -0.25) is 0 Å². The van der Waals surface area contributed by atoms with Crippen molar-refractivity contribution in [3.63, 3.8) is 0 Å². The second-order valence-electron chi connectivity index (χ2n) is 3.41. The number of carbonyl (C=O) groups excluding carboxylic acids is 1. The number of esters is 1. The van der Waals surface area contributed by atoms with Crippen molar-refractivity contribution < 1.29 is 18.7 Å². The van der Waals surface area contributed by atoms with Crippen LogP contribution in [0.25, 0.3) is 0 Å². The highest BCUT2D eigenvalue weighted by Gasteiger charge is 2.02. The van der Waals surface area contributed by atoms with E-state index in [4.69, 9.17) is 21.1 Å². The molecule has 0 spiro atoms. The predicted octanol–water partition coefficient (Wildman–Crippen LogP) is 2.47. The summed E-state index contributed by atoms with van der Waals surface area (Å²) in [6.07, 6.45) is 0. The minimum atomic E-state index is -0.458. The molecule has 0 amide bonds. The highest BCUT2D eigenvalue weighted by Crippen LogP contribution is 2.18. The minimum Gasteiger partial charge on any atom is -0.464 e. The van der Waals surface area contributed by atoms with Crippen LogP contribution in [0.3, 0.4) is 0 Å². The lowest BCUT2D eigenvalue weighted by Gasteiger charge is -2.07. The Hall–Kier alpha value is -1.33. The van der Waals surface area contributed by atoms with Gasteiger partial charge in [-0.15, -0.1) is 0 Å². The van der Waals surface area contributed by atoms with E-state index >= 15 is 0 Å². The van der Waals surface area contributed by atoms with Crippen molar-refractivity contribution in [2.45, 2.75) is 6.92 Å². The van der Waals surface area contributed by atoms with Crippen molar-refractivity contribution in [2.75, 3.05) is 31.7 Å². The van der Waals surface area contributed by atoms with E-state index in [1.165, 1.54) is 12.1 Å². The minimum absolute atomic E-state index is 0.0624. The summed E-state index contributed by atoms with van der Waals surface area (Å²) in [5.74, 6) is -0.844. The predicted molar refractivity (Wildman–Crippen MR) is 67.4 cm³/mol. The molecular weight excluding hydrogens is 261 g/mol. The molecule has 6 heteroatoms. The quantitative estimate of drug-likeness (QED) is 0.613. The Morgan fingerprint density at radius 1 is 1.50 bits per heavy atom. The maximum Gasteiger partial charge on any atom is 0.332 e. The fourth-order valence-corrected chi connectivity index (χ4v) is 1.41. The molecule has 1 N–H and O–H groups in total. The summed E-state index contributed by atoms with van der Waals surface area (Å²) in [6, 6.07) is 4.35. The van der Waals surface area contributed by atoms with E-state index < -0.39 is 5.82 Å². The Kier molecular flexibility index (Phi) is 6.46. The van der Waals surface area contributed by atoms with Crippen molar-refractivity contribution >= 4 is 23.3 Å². The second-order valence-corrected chi connectivity index (χ2v) is 3.82. The molecule has 0 aliphatic carbocycles. The summed E-state index contributed by atoms with van der Waals surface area (Å²) < 4.78 is 22.6. The summed E-state index contributed by atoms with van der Waals surface area (Å²) in [4.78, 5) is 10.9. The van der Waals surface area contributed by atoms with E-state index in [-0.39, 0.29) is 17.6 Å². The normalized spacial score (nSPS) is 10.2. The molecule has 4 nitrogen and oxygen atoms in total. The lowest BCUT2D eigenvalue weighted by atomic mass is 10.3. The van der Waals surface area contributed by atoms with Gasteiger partial charge in [0, 0.05) is 12.2 Å². The SMILES string of the molecule is CCOC(=O)COCCNc1ccc(F)c(Cl)c1. The van der Waals surface area contributed by atoms with Crippen molar-refractivity contribution in [3.05, 3.63) is 29.0 Å². The van der Waals surface area contributed by atoms with Gasteiger partial charge in [-0.25, -0.2) is 9.18 Å². The van der Waals surface area contributed by atoms with Crippen molar-refractivity contribution in [2.24, 2.45) is 0 Å². The van der Waals surface area contributed by atoms with Crippen LogP contribution in [0.1, 0.15) is 6.92 Å². The van der Waals surface area contributed by atoms with Crippen molar-refractivity contribution in [1.29, 1.82) is 0 Å². The van der Waals surface area contributed by atoms with Gasteiger partial charge in [0.2, 0.25) is 0 Å². The fourth-order valence-electron chi connectivity index (χ4n) is 1.23. The van der Waals surface area contributed by atoms with Gasteiger partial charge < -0.3 is 14.8 Å². The highest BCUT2D eigenvalue weighted by molar-refractivity contribution is 6.31. The van der Waals surface area contributed by atoms with Crippen molar-refractivity contribution in [1.82, 2.24) is 0 Å². The van der Waals surface area contributed by atoms with Crippen LogP contribution in [0.2, 0.25) is 5.02 Å². The number of rotatable bonds is 7. The highest BCUT2D eigenvalue weighted by atomic mass is 35.5. The zero-order chi connectivity index (χ0) is 13.4. The lowest BCUT2D eigenvalue weighted by Crippen LogP contribution is -2.16. The first-order chi connectivity index (χ1) is 8.63. The van der Waals surface area contributed by atoms with E-state index in [9.17, 15) is 9.18 Å². The molecule has 0 aliphatic rings. The van der Waals surface area contributed by atoms with Gasteiger partial charge in [0.1, 0.15) is 12.4 Å². The Morgan fingerprint density at radius 3 is 2.94 bits per heavy atom. The number of anilines is 1. The van der Waals surface area contributed by atoms with Gasteiger partial charge in [-0.05, 0) is 25.1 Å². The van der Waals surface area contributed by atoms with Gasteiger partial charge in [0.05, 0.1) is 18.2 Å². The van der Waals surface area contributed by atoms with E-state index in [1.807, 2.05) is 0 Å². The monoisotopic (exact) mass is 275 g/mol. The first-order valence-electron chi connectivity index (χ1n) is 5.55. The molecule has 1 aromatic carbocycles. The number of halogens is 2. The topological polar surface area (TPSA) is 47.6 Å². The molecule has 0 saturated carbocycles. The van der Waals surface area contributed by atoms with Crippen LogP contribution in [-0.2, 0) is 14.3 Å². The third kappa shape index (κ3) is 5.33. The third-order valence-corrected chi connectivity index (χ3v) is 2.31. The van der Waals surface area contributed by atoms with E-state index in [2.05, 4.69) is 5.32 Å². The average Bonchev–Trinajstić information content (AvgIpc) is 2.33. The molecule has 0 atom stereocenters. The number of nitrogens with one attached hydrogen (secondary N) is 1. The van der Waals surface area contributed by atoms with Crippen molar-refractivity contribution in [3.8, 4) is 0 Å². The lowest BCUT2D eigenvalue weighted by molar-refractivity contribution is -0.148. The molecule has 1 aromatic rings. The maximum absolute atomic E-state index is 12.9. The zero-order valence-electron chi connectivity index (χ0n) is 10.0. The van der Waals surface area contributed by atoms with Crippen LogP contribution in [0.4, 0.5) is 10.1 Å². The van der Waals surface area contributed by atoms with Crippen LogP contribution in [0, 0.1) is 5.82 Å². The second kappa shape index (κ2) is 7.89. The molecule has 0 fully saturated rings. The Bertz CT molecular complexity index is 401. The standard InChI is InChI=1S/C12H15ClFNO3/c1-2-18-12(16)8-17-6-5-15-9-3-4-11(14)10(13)7-9/h3-4,7,15H,2,5-6,8H2,1H3. The number of hydrogen-bond donors (Lipinski definition) is 1. The number of hydrogen-bond acceptors (Lipinski definition) is 4. The van der Waals surface area contributed by atoms with E-state index in [0.717, 1.165) is 0 Å². The fraction of sp³-hybridized carbons (Fsp3) is 0.417. The summed E-state index contributed by atoms with van der Waals surface area (Å²) in [6.45, 7) is 2.83. The van der Waals surface area contributed by atoms with Gasteiger partial charge in [-0.1, -0.05) is 11.6 Å². The van der Waals surface area contributed by atoms with E-state index in [1.54, 1.807) is 13.0 Å². The first-order valence-corrected chi connectivity index (χ1v) is 5.93. The Morgan fingerprint density at radius 2 is 2.28 bits per heavy atom. The average molecular weight is 276 g/mol. The Labute approximate surface area is 110 Å². The number of ether oxygens (including phenoxy) is 2. The largest absolute Gasteiger partial charge is 0.464 e. The number of carbonyl (C=O) groups is 1. The molecule has 0 saturated heterocycles. The summed E-state index contributed by atoms with van der Waals surface area (Å²) in [5.41, 5.74) is 0.695. The Balaban J connectivity index is 2.18. The molecule has 0 heterocycles. The van der Waals surface area contributed by atoms with Crippen LogP contribution in [0.15, 0.2) is 18.2 Å².